The second-order valence-electron chi connectivity index (χ2n) is 5.12. The van der Waals surface area contributed by atoms with Gasteiger partial charge in [0.05, 0.1) is 11.7 Å². The van der Waals surface area contributed by atoms with E-state index in [1.54, 1.807) is 18.2 Å². The van der Waals surface area contributed by atoms with Crippen LogP contribution in [-0.4, -0.2) is 21.9 Å². The second-order valence-corrected chi connectivity index (χ2v) is 5.96. The zero-order chi connectivity index (χ0) is 13.2. The molecule has 1 aromatic carbocycles. The van der Waals surface area contributed by atoms with Gasteiger partial charge in [0.2, 0.25) is 0 Å². The first-order chi connectivity index (χ1) is 8.51. The van der Waals surface area contributed by atoms with Crippen molar-refractivity contribution in [3.8, 4) is 0 Å². The summed E-state index contributed by atoms with van der Waals surface area (Å²) in [6.07, 6.45) is 4.02. The van der Waals surface area contributed by atoms with E-state index in [-0.39, 0.29) is 0 Å². The standard InChI is InChI=1S/C14H18Cl2O2/c15-11-5-4-10(12(16)9-11)8-13(17)14(18)6-2-1-3-7-14/h4-5,9,13,17-18H,1-3,6-8H2. The van der Waals surface area contributed by atoms with Gasteiger partial charge in [0.15, 0.2) is 0 Å². The van der Waals surface area contributed by atoms with Gasteiger partial charge in [0.1, 0.15) is 0 Å². The molecule has 0 bridgehead atoms. The Hall–Kier alpha value is -0.280. The Balaban J connectivity index is 2.08. The molecule has 0 aromatic heterocycles. The van der Waals surface area contributed by atoms with Crippen molar-refractivity contribution in [1.29, 1.82) is 0 Å². The molecular weight excluding hydrogens is 271 g/mol. The second kappa shape index (κ2) is 5.79. The zero-order valence-corrected chi connectivity index (χ0v) is 11.7. The molecule has 100 valence electrons. The molecule has 1 aliphatic rings. The lowest BCUT2D eigenvalue weighted by atomic mass is 9.79. The molecule has 1 atom stereocenters. The van der Waals surface area contributed by atoms with Crippen LogP contribution in [0.2, 0.25) is 10.0 Å². The highest BCUT2D eigenvalue weighted by Crippen LogP contribution is 2.33. The first kappa shape index (κ1) is 14.1. The van der Waals surface area contributed by atoms with Crippen LogP contribution in [0.1, 0.15) is 37.7 Å². The van der Waals surface area contributed by atoms with Crippen molar-refractivity contribution < 1.29 is 10.2 Å². The largest absolute Gasteiger partial charge is 0.390 e. The number of aliphatic hydroxyl groups excluding tert-OH is 1. The van der Waals surface area contributed by atoms with E-state index in [4.69, 9.17) is 23.2 Å². The molecule has 0 amide bonds. The fraction of sp³-hybridized carbons (Fsp3) is 0.571. The lowest BCUT2D eigenvalue weighted by Crippen LogP contribution is -2.45. The Morgan fingerprint density at radius 3 is 2.44 bits per heavy atom. The molecule has 2 nitrogen and oxygen atoms in total. The van der Waals surface area contributed by atoms with E-state index in [0.29, 0.717) is 29.3 Å². The molecule has 2 rings (SSSR count). The molecular formula is C14H18Cl2O2. The average molecular weight is 289 g/mol. The van der Waals surface area contributed by atoms with Crippen LogP contribution in [-0.2, 0) is 6.42 Å². The first-order valence-corrected chi connectivity index (χ1v) is 7.11. The summed E-state index contributed by atoms with van der Waals surface area (Å²) in [6.45, 7) is 0. The highest BCUT2D eigenvalue weighted by Gasteiger charge is 2.36. The van der Waals surface area contributed by atoms with Crippen molar-refractivity contribution >= 4 is 23.2 Å². The van der Waals surface area contributed by atoms with Crippen molar-refractivity contribution in [2.24, 2.45) is 0 Å². The summed E-state index contributed by atoms with van der Waals surface area (Å²) in [7, 11) is 0. The average Bonchev–Trinajstić information content (AvgIpc) is 2.33. The smallest absolute Gasteiger partial charge is 0.0908 e. The monoisotopic (exact) mass is 288 g/mol. The van der Waals surface area contributed by atoms with Crippen molar-refractivity contribution in [3.63, 3.8) is 0 Å². The highest BCUT2D eigenvalue weighted by molar-refractivity contribution is 6.35. The molecule has 0 spiro atoms. The third kappa shape index (κ3) is 3.18. The molecule has 1 unspecified atom stereocenters. The maximum Gasteiger partial charge on any atom is 0.0908 e. The van der Waals surface area contributed by atoms with Crippen LogP contribution in [0.3, 0.4) is 0 Å². The van der Waals surface area contributed by atoms with Crippen molar-refractivity contribution in [3.05, 3.63) is 33.8 Å². The first-order valence-electron chi connectivity index (χ1n) is 6.36. The molecule has 1 aliphatic carbocycles. The quantitative estimate of drug-likeness (QED) is 0.892. The van der Waals surface area contributed by atoms with Crippen LogP contribution < -0.4 is 0 Å². The molecule has 0 saturated heterocycles. The fourth-order valence-electron chi connectivity index (χ4n) is 2.58. The summed E-state index contributed by atoms with van der Waals surface area (Å²) in [5.41, 5.74) is -0.131. The van der Waals surface area contributed by atoms with Gasteiger partial charge in [0.25, 0.3) is 0 Å². The van der Waals surface area contributed by atoms with E-state index in [9.17, 15) is 10.2 Å². The molecule has 18 heavy (non-hydrogen) atoms. The number of aliphatic hydroxyl groups is 2. The summed E-state index contributed by atoms with van der Waals surface area (Å²) in [6, 6.07) is 5.22. The van der Waals surface area contributed by atoms with Crippen molar-refractivity contribution in [1.82, 2.24) is 0 Å². The number of benzene rings is 1. The van der Waals surface area contributed by atoms with Gasteiger partial charge in [-0.3, -0.25) is 0 Å². The van der Waals surface area contributed by atoms with E-state index >= 15 is 0 Å². The van der Waals surface area contributed by atoms with E-state index in [0.717, 1.165) is 24.8 Å². The minimum Gasteiger partial charge on any atom is -0.390 e. The maximum absolute atomic E-state index is 10.4. The number of halogens is 2. The Kier molecular flexibility index (Phi) is 4.54. The summed E-state index contributed by atoms with van der Waals surface area (Å²) < 4.78 is 0. The maximum atomic E-state index is 10.4. The highest BCUT2D eigenvalue weighted by atomic mass is 35.5. The molecule has 0 radical (unpaired) electrons. The molecule has 4 heteroatoms. The van der Waals surface area contributed by atoms with Crippen LogP contribution in [0.4, 0.5) is 0 Å². The summed E-state index contributed by atoms with van der Waals surface area (Å²) in [5, 5.41) is 21.8. The Labute approximate surface area is 118 Å². The van der Waals surface area contributed by atoms with Crippen LogP contribution >= 0.6 is 23.2 Å². The van der Waals surface area contributed by atoms with Gasteiger partial charge in [0, 0.05) is 16.5 Å². The fourth-order valence-corrected chi connectivity index (χ4v) is 3.07. The van der Waals surface area contributed by atoms with E-state index in [2.05, 4.69) is 0 Å². The van der Waals surface area contributed by atoms with Crippen LogP contribution in [0.5, 0.6) is 0 Å². The lowest BCUT2D eigenvalue weighted by Gasteiger charge is -2.36. The van der Waals surface area contributed by atoms with E-state index in [1.165, 1.54) is 0 Å². The van der Waals surface area contributed by atoms with Gasteiger partial charge in [-0.1, -0.05) is 48.5 Å². The molecule has 0 heterocycles. The zero-order valence-electron chi connectivity index (χ0n) is 10.2. The van der Waals surface area contributed by atoms with Gasteiger partial charge in [-0.2, -0.15) is 0 Å². The molecule has 1 aromatic rings. The van der Waals surface area contributed by atoms with Crippen LogP contribution in [0, 0.1) is 0 Å². The Morgan fingerprint density at radius 2 is 1.83 bits per heavy atom. The molecule has 2 N–H and O–H groups in total. The minimum absolute atomic E-state index is 0.368. The lowest BCUT2D eigenvalue weighted by molar-refractivity contribution is -0.0960. The third-order valence-corrected chi connectivity index (χ3v) is 4.35. The molecule has 1 fully saturated rings. The van der Waals surface area contributed by atoms with Gasteiger partial charge in [-0.15, -0.1) is 0 Å². The van der Waals surface area contributed by atoms with Gasteiger partial charge < -0.3 is 10.2 Å². The predicted molar refractivity (Wildman–Crippen MR) is 74.2 cm³/mol. The normalized spacial score (nSPS) is 20.7. The summed E-state index contributed by atoms with van der Waals surface area (Å²) in [5.74, 6) is 0. The van der Waals surface area contributed by atoms with Crippen LogP contribution in [0.15, 0.2) is 18.2 Å². The van der Waals surface area contributed by atoms with Crippen molar-refractivity contribution in [2.75, 3.05) is 0 Å². The Bertz CT molecular complexity index is 414. The van der Waals surface area contributed by atoms with Crippen molar-refractivity contribution in [2.45, 2.75) is 50.2 Å². The Morgan fingerprint density at radius 1 is 1.17 bits per heavy atom. The molecule has 1 saturated carbocycles. The number of rotatable bonds is 3. The summed E-state index contributed by atoms with van der Waals surface area (Å²) >= 11 is 11.9. The van der Waals surface area contributed by atoms with Gasteiger partial charge >= 0.3 is 0 Å². The van der Waals surface area contributed by atoms with E-state index in [1.807, 2.05) is 0 Å². The predicted octanol–water partition coefficient (Wildman–Crippen LogP) is 3.59. The number of hydrogen-bond donors (Lipinski definition) is 2. The minimum atomic E-state index is -0.957. The third-order valence-electron chi connectivity index (χ3n) is 3.77. The topological polar surface area (TPSA) is 40.5 Å². The van der Waals surface area contributed by atoms with Gasteiger partial charge in [-0.05, 0) is 30.5 Å². The number of hydrogen-bond acceptors (Lipinski definition) is 2. The SMILES string of the molecule is OC(Cc1ccc(Cl)cc1Cl)C1(O)CCCCC1. The summed E-state index contributed by atoms with van der Waals surface area (Å²) in [4.78, 5) is 0. The molecule has 0 aliphatic heterocycles. The van der Waals surface area contributed by atoms with Crippen LogP contribution in [0.25, 0.3) is 0 Å². The van der Waals surface area contributed by atoms with E-state index < -0.39 is 11.7 Å². The van der Waals surface area contributed by atoms with Gasteiger partial charge in [-0.25, -0.2) is 0 Å².